The number of methoxy groups -OCH3 is 2. The van der Waals surface area contributed by atoms with E-state index in [1.54, 1.807) is 14.2 Å². The fraction of sp³-hybridized carbons (Fsp3) is 0.385. The maximum atomic E-state index is 5.30. The van der Waals surface area contributed by atoms with Crippen LogP contribution in [-0.2, 0) is 13.0 Å². The predicted molar refractivity (Wildman–Crippen MR) is 79.0 cm³/mol. The highest BCUT2D eigenvalue weighted by atomic mass is 79.9. The highest BCUT2D eigenvalue weighted by Crippen LogP contribution is 2.33. The van der Waals surface area contributed by atoms with Gasteiger partial charge >= 0.3 is 0 Å². The molecule has 2 N–H and O–H groups in total. The van der Waals surface area contributed by atoms with Gasteiger partial charge in [-0.05, 0) is 17.7 Å². The summed E-state index contributed by atoms with van der Waals surface area (Å²) in [5.74, 6) is 2.32. The van der Waals surface area contributed by atoms with E-state index in [0.717, 1.165) is 41.1 Å². The zero-order chi connectivity index (χ0) is 14.4. The molecule has 0 aliphatic rings. The quantitative estimate of drug-likeness (QED) is 0.753. The van der Waals surface area contributed by atoms with Crippen molar-refractivity contribution in [2.75, 3.05) is 20.8 Å². The van der Waals surface area contributed by atoms with Gasteiger partial charge < -0.3 is 14.8 Å². The molecule has 1 heterocycles. The summed E-state index contributed by atoms with van der Waals surface area (Å²) in [6.45, 7) is 1.55. The van der Waals surface area contributed by atoms with Crippen LogP contribution in [0.25, 0.3) is 0 Å². The molecule has 0 fully saturated rings. The van der Waals surface area contributed by atoms with E-state index in [1.807, 2.05) is 12.1 Å². The van der Waals surface area contributed by atoms with E-state index in [4.69, 9.17) is 9.47 Å². The van der Waals surface area contributed by atoms with Crippen LogP contribution in [0.5, 0.6) is 11.5 Å². The molecule has 0 spiro atoms. The minimum Gasteiger partial charge on any atom is -0.493 e. The number of hydrogen-bond donors (Lipinski definition) is 2. The Labute approximate surface area is 126 Å². The number of halogens is 1. The molecule has 2 aromatic rings. The Hall–Kier alpha value is -1.60. The molecule has 0 saturated carbocycles. The van der Waals surface area contributed by atoms with Crippen molar-refractivity contribution in [3.63, 3.8) is 0 Å². The summed E-state index contributed by atoms with van der Waals surface area (Å²) in [5, 5.41) is 10.0. The Morgan fingerprint density at radius 1 is 1.25 bits per heavy atom. The van der Waals surface area contributed by atoms with Crippen LogP contribution in [-0.4, -0.2) is 35.9 Å². The number of hydrogen-bond acceptors (Lipinski definition) is 5. The first-order valence-electron chi connectivity index (χ1n) is 6.20. The second-order valence-electron chi connectivity index (χ2n) is 4.16. The number of aromatic amines is 1. The molecular formula is C13H17BrN4O2. The van der Waals surface area contributed by atoms with Crippen LogP contribution < -0.4 is 14.8 Å². The summed E-state index contributed by atoms with van der Waals surface area (Å²) >= 11 is 3.54. The van der Waals surface area contributed by atoms with E-state index >= 15 is 0 Å². The Balaban J connectivity index is 1.92. The second-order valence-corrected chi connectivity index (χ2v) is 5.01. The lowest BCUT2D eigenvalue weighted by Gasteiger charge is -2.12. The average molecular weight is 341 g/mol. The van der Waals surface area contributed by atoms with Crippen molar-refractivity contribution in [2.24, 2.45) is 0 Å². The van der Waals surface area contributed by atoms with Gasteiger partial charge in [0.15, 0.2) is 11.5 Å². The van der Waals surface area contributed by atoms with Gasteiger partial charge in [0.2, 0.25) is 0 Å². The van der Waals surface area contributed by atoms with Crippen LogP contribution in [0, 0.1) is 0 Å². The van der Waals surface area contributed by atoms with Gasteiger partial charge in [-0.1, -0.05) is 15.9 Å². The third kappa shape index (κ3) is 3.71. The first kappa shape index (κ1) is 14.8. The average Bonchev–Trinajstić information content (AvgIpc) is 2.97. The predicted octanol–water partition coefficient (Wildman–Crippen LogP) is 1.92. The molecule has 0 bridgehead atoms. The second kappa shape index (κ2) is 7.25. The van der Waals surface area contributed by atoms with E-state index in [2.05, 4.69) is 36.4 Å². The number of nitrogens with zero attached hydrogens (tertiary/aromatic N) is 2. The van der Waals surface area contributed by atoms with Crippen molar-refractivity contribution in [3.05, 3.63) is 34.3 Å². The minimum atomic E-state index is 0.713. The molecule has 7 heteroatoms. The molecule has 20 heavy (non-hydrogen) atoms. The van der Waals surface area contributed by atoms with Crippen LogP contribution >= 0.6 is 15.9 Å². The summed E-state index contributed by atoms with van der Waals surface area (Å²) in [6.07, 6.45) is 2.32. The van der Waals surface area contributed by atoms with Gasteiger partial charge in [-0.15, -0.1) is 0 Å². The SMILES string of the molecule is COc1cc(Br)c(CNCCc2ncn[nH]2)cc1OC. The van der Waals surface area contributed by atoms with Crippen LogP contribution in [0.2, 0.25) is 0 Å². The van der Waals surface area contributed by atoms with Gasteiger partial charge in [0.25, 0.3) is 0 Å². The molecule has 0 aliphatic heterocycles. The highest BCUT2D eigenvalue weighted by molar-refractivity contribution is 9.10. The van der Waals surface area contributed by atoms with Gasteiger partial charge in [0.1, 0.15) is 12.2 Å². The van der Waals surface area contributed by atoms with E-state index in [-0.39, 0.29) is 0 Å². The normalized spacial score (nSPS) is 10.6. The maximum absolute atomic E-state index is 5.30. The Morgan fingerprint density at radius 3 is 2.65 bits per heavy atom. The number of H-pyrrole nitrogens is 1. The zero-order valence-electron chi connectivity index (χ0n) is 11.4. The van der Waals surface area contributed by atoms with Crippen LogP contribution in [0.1, 0.15) is 11.4 Å². The monoisotopic (exact) mass is 340 g/mol. The molecule has 0 amide bonds. The molecular weight excluding hydrogens is 324 g/mol. The fourth-order valence-electron chi connectivity index (χ4n) is 1.81. The van der Waals surface area contributed by atoms with Crippen LogP contribution in [0.3, 0.4) is 0 Å². The lowest BCUT2D eigenvalue weighted by atomic mass is 10.2. The molecule has 2 rings (SSSR count). The molecule has 108 valence electrons. The van der Waals surface area contributed by atoms with Crippen molar-refractivity contribution in [1.82, 2.24) is 20.5 Å². The van der Waals surface area contributed by atoms with Crippen molar-refractivity contribution in [3.8, 4) is 11.5 Å². The Bertz CT molecular complexity index is 546. The molecule has 0 unspecified atom stereocenters. The van der Waals surface area contributed by atoms with Crippen molar-refractivity contribution < 1.29 is 9.47 Å². The summed E-state index contributed by atoms with van der Waals surface area (Å²) in [5.41, 5.74) is 1.11. The van der Waals surface area contributed by atoms with E-state index < -0.39 is 0 Å². The lowest BCUT2D eigenvalue weighted by molar-refractivity contribution is 0.354. The summed E-state index contributed by atoms with van der Waals surface area (Å²) in [7, 11) is 3.26. The lowest BCUT2D eigenvalue weighted by Crippen LogP contribution is -2.17. The van der Waals surface area contributed by atoms with Gasteiger partial charge in [-0.2, -0.15) is 5.10 Å². The molecule has 0 saturated heterocycles. The fourth-order valence-corrected chi connectivity index (χ4v) is 2.28. The third-order valence-electron chi connectivity index (χ3n) is 2.87. The smallest absolute Gasteiger partial charge is 0.161 e. The number of rotatable bonds is 7. The molecule has 1 aromatic heterocycles. The van der Waals surface area contributed by atoms with Gasteiger partial charge in [-0.3, -0.25) is 5.10 Å². The maximum Gasteiger partial charge on any atom is 0.161 e. The van der Waals surface area contributed by atoms with Gasteiger partial charge in [0, 0.05) is 24.0 Å². The topological polar surface area (TPSA) is 72.1 Å². The molecule has 6 nitrogen and oxygen atoms in total. The minimum absolute atomic E-state index is 0.713. The van der Waals surface area contributed by atoms with Crippen molar-refractivity contribution in [2.45, 2.75) is 13.0 Å². The summed E-state index contributed by atoms with van der Waals surface area (Å²) in [6, 6.07) is 3.87. The van der Waals surface area contributed by atoms with E-state index in [9.17, 15) is 0 Å². The van der Waals surface area contributed by atoms with Gasteiger partial charge in [-0.25, -0.2) is 4.98 Å². The van der Waals surface area contributed by atoms with Crippen LogP contribution in [0.15, 0.2) is 22.9 Å². The van der Waals surface area contributed by atoms with E-state index in [0.29, 0.717) is 5.75 Å². The largest absolute Gasteiger partial charge is 0.493 e. The number of ether oxygens (including phenoxy) is 2. The number of nitrogens with one attached hydrogen (secondary N) is 2. The Morgan fingerprint density at radius 2 is 2.00 bits per heavy atom. The highest BCUT2D eigenvalue weighted by Gasteiger charge is 2.09. The molecule has 1 aromatic carbocycles. The Kier molecular flexibility index (Phi) is 5.37. The summed E-state index contributed by atoms with van der Waals surface area (Å²) in [4.78, 5) is 4.08. The summed E-state index contributed by atoms with van der Waals surface area (Å²) < 4.78 is 11.5. The van der Waals surface area contributed by atoms with Crippen LogP contribution in [0.4, 0.5) is 0 Å². The first-order valence-corrected chi connectivity index (χ1v) is 6.99. The van der Waals surface area contributed by atoms with E-state index in [1.165, 1.54) is 6.33 Å². The standard InChI is InChI=1S/C13H17BrN4O2/c1-19-11-5-9(10(14)6-12(11)20-2)7-15-4-3-13-16-8-17-18-13/h5-6,8,15H,3-4,7H2,1-2H3,(H,16,17,18). The molecule has 0 radical (unpaired) electrons. The molecule has 0 aliphatic carbocycles. The van der Waals surface area contributed by atoms with Crippen molar-refractivity contribution >= 4 is 15.9 Å². The van der Waals surface area contributed by atoms with Crippen molar-refractivity contribution in [1.29, 1.82) is 0 Å². The number of aromatic nitrogens is 3. The first-order chi connectivity index (χ1) is 9.74. The molecule has 0 atom stereocenters. The third-order valence-corrected chi connectivity index (χ3v) is 3.61. The number of benzene rings is 1. The van der Waals surface area contributed by atoms with Gasteiger partial charge in [0.05, 0.1) is 14.2 Å². The zero-order valence-corrected chi connectivity index (χ0v) is 13.0.